The zero-order valence-electron chi connectivity index (χ0n) is 15.6. The van der Waals surface area contributed by atoms with Crippen LogP contribution in [0.25, 0.3) is 0 Å². The van der Waals surface area contributed by atoms with Gasteiger partial charge < -0.3 is 10.0 Å². The van der Waals surface area contributed by atoms with Gasteiger partial charge in [-0.25, -0.2) is 0 Å². The Bertz CT molecular complexity index is 602. The molecule has 0 aromatic carbocycles. The average molecular weight is 347 g/mol. The fourth-order valence-electron chi connectivity index (χ4n) is 3.25. The maximum Gasteiger partial charge on any atom is 0.315 e. The number of amides is 1. The van der Waals surface area contributed by atoms with E-state index >= 15 is 0 Å². The van der Waals surface area contributed by atoms with Crippen molar-refractivity contribution in [1.29, 1.82) is 0 Å². The topological polar surface area (TPSA) is 73.7 Å². The fraction of sp³-hybridized carbons (Fsp3) is 0.632. The Labute approximate surface area is 149 Å². The van der Waals surface area contributed by atoms with Crippen molar-refractivity contribution in [2.24, 2.45) is 11.8 Å². The number of aromatic nitrogens is 1. The second-order valence-corrected chi connectivity index (χ2v) is 7.09. The van der Waals surface area contributed by atoms with Crippen LogP contribution in [-0.4, -0.2) is 57.4 Å². The van der Waals surface area contributed by atoms with Crippen LogP contribution < -0.4 is 0 Å². The van der Waals surface area contributed by atoms with Crippen molar-refractivity contribution in [2.45, 2.75) is 46.7 Å². The van der Waals surface area contributed by atoms with Crippen molar-refractivity contribution >= 4 is 11.9 Å². The van der Waals surface area contributed by atoms with Crippen molar-refractivity contribution in [2.75, 3.05) is 19.6 Å². The van der Waals surface area contributed by atoms with Crippen LogP contribution in [-0.2, 0) is 16.1 Å². The van der Waals surface area contributed by atoms with Gasteiger partial charge in [0.2, 0.25) is 5.91 Å². The number of aryl methyl sites for hydroxylation is 1. The fourth-order valence-corrected chi connectivity index (χ4v) is 3.25. The molecule has 2 heterocycles. The zero-order chi connectivity index (χ0) is 18.6. The molecule has 1 aliphatic heterocycles. The summed E-state index contributed by atoms with van der Waals surface area (Å²) in [6.07, 6.45) is 2.85. The molecule has 1 N–H and O–H groups in total. The zero-order valence-corrected chi connectivity index (χ0v) is 15.6. The van der Waals surface area contributed by atoms with E-state index in [2.05, 4.69) is 29.8 Å². The van der Waals surface area contributed by atoms with E-state index in [9.17, 15) is 9.59 Å². The lowest BCUT2D eigenvalue weighted by Gasteiger charge is -2.44. The van der Waals surface area contributed by atoms with Crippen LogP contribution in [0.5, 0.6) is 0 Å². The molecule has 0 saturated carbocycles. The van der Waals surface area contributed by atoms with E-state index in [1.165, 1.54) is 6.92 Å². The number of piperazine rings is 1. The van der Waals surface area contributed by atoms with Gasteiger partial charge in [-0.1, -0.05) is 26.3 Å². The van der Waals surface area contributed by atoms with Gasteiger partial charge in [0.15, 0.2) is 0 Å². The van der Waals surface area contributed by atoms with Gasteiger partial charge in [-0.05, 0) is 31.4 Å². The molecule has 1 aromatic heterocycles. The van der Waals surface area contributed by atoms with Gasteiger partial charge in [-0.15, -0.1) is 0 Å². The molecule has 0 radical (unpaired) electrons. The number of hydrogen-bond acceptors (Lipinski definition) is 4. The van der Waals surface area contributed by atoms with E-state index in [0.29, 0.717) is 12.5 Å². The first-order chi connectivity index (χ1) is 11.8. The number of carboxylic acid groups (broad SMARTS) is 1. The Kier molecular flexibility index (Phi) is 6.53. The number of rotatable bonds is 6. The first kappa shape index (κ1) is 19.4. The number of nitrogens with zero attached hydrogens (tertiary/aromatic N) is 3. The first-order valence-corrected chi connectivity index (χ1v) is 9.00. The van der Waals surface area contributed by atoms with Crippen LogP contribution in [0.4, 0.5) is 0 Å². The highest BCUT2D eigenvalue weighted by Crippen LogP contribution is 2.23. The summed E-state index contributed by atoms with van der Waals surface area (Å²) in [6.45, 7) is 10.6. The van der Waals surface area contributed by atoms with Crippen molar-refractivity contribution in [3.8, 4) is 0 Å². The van der Waals surface area contributed by atoms with Crippen LogP contribution in [0.1, 0.15) is 38.4 Å². The van der Waals surface area contributed by atoms with E-state index in [1.807, 2.05) is 19.2 Å². The van der Waals surface area contributed by atoms with Crippen molar-refractivity contribution in [3.05, 3.63) is 29.6 Å². The molecule has 3 atom stereocenters. The Hall–Kier alpha value is -1.95. The Balaban J connectivity index is 2.09. The maximum absolute atomic E-state index is 12.6. The molecular weight excluding hydrogens is 318 g/mol. The predicted octanol–water partition coefficient (Wildman–Crippen LogP) is 2.17. The number of hydrogen-bond donors (Lipinski definition) is 1. The van der Waals surface area contributed by atoms with Crippen LogP contribution >= 0.6 is 0 Å². The number of carbonyl (C=O) groups is 2. The second-order valence-electron chi connectivity index (χ2n) is 7.09. The normalized spacial score (nSPS) is 21.0. The first-order valence-electron chi connectivity index (χ1n) is 9.00. The lowest BCUT2D eigenvalue weighted by atomic mass is 9.93. The molecule has 3 unspecified atom stereocenters. The largest absolute Gasteiger partial charge is 0.481 e. The summed E-state index contributed by atoms with van der Waals surface area (Å²) in [5.41, 5.74) is 2.16. The van der Waals surface area contributed by atoms with Crippen LogP contribution in [0.15, 0.2) is 18.3 Å². The van der Waals surface area contributed by atoms with Gasteiger partial charge in [-0.3, -0.25) is 19.5 Å². The van der Waals surface area contributed by atoms with Gasteiger partial charge in [0.1, 0.15) is 5.92 Å². The Morgan fingerprint density at radius 3 is 2.60 bits per heavy atom. The molecule has 138 valence electrons. The third kappa shape index (κ3) is 4.78. The molecule has 0 aliphatic carbocycles. The Morgan fingerprint density at radius 1 is 1.32 bits per heavy atom. The molecule has 1 saturated heterocycles. The van der Waals surface area contributed by atoms with E-state index in [0.717, 1.165) is 37.3 Å². The number of pyridine rings is 1. The van der Waals surface area contributed by atoms with E-state index < -0.39 is 11.9 Å². The minimum Gasteiger partial charge on any atom is -0.481 e. The van der Waals surface area contributed by atoms with Crippen LogP contribution in [0, 0.1) is 18.8 Å². The van der Waals surface area contributed by atoms with Crippen molar-refractivity contribution in [1.82, 2.24) is 14.8 Å². The average Bonchev–Trinajstić information content (AvgIpc) is 2.61. The Morgan fingerprint density at radius 2 is 2.04 bits per heavy atom. The van der Waals surface area contributed by atoms with Gasteiger partial charge in [0.05, 0.1) is 0 Å². The monoisotopic (exact) mass is 347 g/mol. The SMILES string of the molecule is CCC(C)C1CN(Cc2ccc(C)nc2)CCN1C(=O)C(C)C(=O)O. The maximum atomic E-state index is 12.6. The quantitative estimate of drug-likeness (QED) is 0.799. The minimum absolute atomic E-state index is 0.0476. The smallest absolute Gasteiger partial charge is 0.315 e. The minimum atomic E-state index is -1.05. The van der Waals surface area contributed by atoms with Crippen molar-refractivity contribution in [3.63, 3.8) is 0 Å². The molecule has 2 rings (SSSR count). The standard InChI is InChI=1S/C19H29N3O3/c1-5-13(2)17-12-21(11-16-7-6-14(3)20-10-16)8-9-22(17)18(23)15(4)19(24)25/h6-7,10,13,15,17H,5,8-9,11-12H2,1-4H3,(H,24,25). The summed E-state index contributed by atoms with van der Waals surface area (Å²) >= 11 is 0. The van der Waals surface area contributed by atoms with Crippen molar-refractivity contribution < 1.29 is 14.7 Å². The summed E-state index contributed by atoms with van der Waals surface area (Å²) in [4.78, 5) is 32.3. The second kappa shape index (κ2) is 8.43. The van der Waals surface area contributed by atoms with E-state index in [1.54, 1.807) is 4.90 Å². The molecule has 1 fully saturated rings. The van der Waals surface area contributed by atoms with Gasteiger partial charge >= 0.3 is 5.97 Å². The summed E-state index contributed by atoms with van der Waals surface area (Å²) in [5, 5.41) is 9.17. The van der Waals surface area contributed by atoms with Gasteiger partial charge in [-0.2, -0.15) is 0 Å². The number of aliphatic carboxylic acids is 1. The highest BCUT2D eigenvalue weighted by atomic mass is 16.4. The lowest BCUT2D eigenvalue weighted by molar-refractivity contribution is -0.153. The highest BCUT2D eigenvalue weighted by Gasteiger charge is 2.36. The molecule has 1 aromatic rings. The molecule has 1 aliphatic rings. The summed E-state index contributed by atoms with van der Waals surface area (Å²) in [6, 6.07) is 4.15. The van der Waals surface area contributed by atoms with Crippen LogP contribution in [0.2, 0.25) is 0 Å². The third-order valence-electron chi connectivity index (χ3n) is 5.21. The predicted molar refractivity (Wildman–Crippen MR) is 96.0 cm³/mol. The number of carboxylic acids is 1. The summed E-state index contributed by atoms with van der Waals surface area (Å²) in [5.74, 6) is -1.99. The summed E-state index contributed by atoms with van der Waals surface area (Å²) in [7, 11) is 0. The lowest BCUT2D eigenvalue weighted by Crippen LogP contribution is -2.58. The number of carbonyl (C=O) groups excluding carboxylic acids is 1. The van der Waals surface area contributed by atoms with Gasteiger partial charge in [0.25, 0.3) is 0 Å². The molecule has 6 heteroatoms. The van der Waals surface area contributed by atoms with Gasteiger partial charge in [0, 0.05) is 44.1 Å². The van der Waals surface area contributed by atoms with Crippen LogP contribution in [0.3, 0.4) is 0 Å². The molecule has 25 heavy (non-hydrogen) atoms. The molecule has 0 bridgehead atoms. The van der Waals surface area contributed by atoms with E-state index in [4.69, 9.17) is 5.11 Å². The highest BCUT2D eigenvalue weighted by molar-refractivity contribution is 5.96. The molecule has 0 spiro atoms. The molecule has 6 nitrogen and oxygen atoms in total. The van der Waals surface area contributed by atoms with E-state index in [-0.39, 0.29) is 11.9 Å². The molecular formula is C19H29N3O3. The third-order valence-corrected chi connectivity index (χ3v) is 5.21. The molecule has 1 amide bonds. The summed E-state index contributed by atoms with van der Waals surface area (Å²) < 4.78 is 0.